The molecule has 184 valence electrons. The van der Waals surface area contributed by atoms with E-state index in [1.54, 1.807) is 30.3 Å². The molecular weight excluding hydrogens is 450 g/mol. The van der Waals surface area contributed by atoms with Crippen molar-refractivity contribution in [2.45, 2.75) is 39.7 Å². The Morgan fingerprint density at radius 1 is 1.20 bits per heavy atom. The Labute approximate surface area is 202 Å². The third-order valence-electron chi connectivity index (χ3n) is 5.35. The predicted octanol–water partition coefficient (Wildman–Crippen LogP) is 2.67. The molecule has 3 aromatic rings. The number of nitrogens with one attached hydrogen (secondary N) is 4. The molecular formula is C23H29N9O3. The van der Waals surface area contributed by atoms with Gasteiger partial charge in [0.1, 0.15) is 6.33 Å². The maximum absolute atomic E-state index is 12.7. The first-order valence-electron chi connectivity index (χ1n) is 11.5. The Balaban J connectivity index is 1.69. The van der Waals surface area contributed by atoms with Crippen molar-refractivity contribution in [1.82, 2.24) is 35.8 Å². The summed E-state index contributed by atoms with van der Waals surface area (Å²) in [6.45, 7) is 6.42. The minimum atomic E-state index is -0.477. The highest BCUT2D eigenvalue weighted by molar-refractivity contribution is 6.00. The summed E-state index contributed by atoms with van der Waals surface area (Å²) >= 11 is 0. The molecule has 0 atom stereocenters. The molecule has 1 saturated carbocycles. The van der Waals surface area contributed by atoms with Crippen LogP contribution >= 0.6 is 0 Å². The van der Waals surface area contributed by atoms with E-state index in [4.69, 9.17) is 4.74 Å². The summed E-state index contributed by atoms with van der Waals surface area (Å²) < 4.78 is 7.47. The van der Waals surface area contributed by atoms with Gasteiger partial charge < -0.3 is 15.4 Å². The van der Waals surface area contributed by atoms with Crippen LogP contribution in [0.5, 0.6) is 5.75 Å². The van der Waals surface area contributed by atoms with Crippen molar-refractivity contribution in [2.75, 3.05) is 24.3 Å². The van der Waals surface area contributed by atoms with Gasteiger partial charge in [-0.15, -0.1) is 10.2 Å². The smallest absolute Gasteiger partial charge is 0.288 e. The largest absolute Gasteiger partial charge is 0.494 e. The lowest BCUT2D eigenvalue weighted by Gasteiger charge is -2.16. The fourth-order valence-electron chi connectivity index (χ4n) is 3.34. The Hall–Kier alpha value is -4.06. The summed E-state index contributed by atoms with van der Waals surface area (Å²) in [7, 11) is 1.55. The Kier molecular flexibility index (Phi) is 7.20. The molecule has 35 heavy (non-hydrogen) atoms. The van der Waals surface area contributed by atoms with E-state index >= 15 is 0 Å². The molecule has 0 unspecified atom stereocenters. The number of carbonyl (C=O) groups is 2. The summed E-state index contributed by atoms with van der Waals surface area (Å²) in [5.74, 6) is 0.662. The lowest BCUT2D eigenvalue weighted by atomic mass is 10.1. The number of benzene rings is 1. The summed E-state index contributed by atoms with van der Waals surface area (Å²) in [4.78, 5) is 29.4. The topological polar surface area (TPSA) is 148 Å². The highest BCUT2D eigenvalue weighted by Crippen LogP contribution is 2.37. The molecule has 2 aromatic heterocycles. The number of hydrazine groups is 1. The zero-order valence-corrected chi connectivity index (χ0v) is 20.1. The van der Waals surface area contributed by atoms with Crippen LogP contribution in [0.3, 0.4) is 0 Å². The minimum Gasteiger partial charge on any atom is -0.494 e. The maximum Gasteiger partial charge on any atom is 0.288 e. The lowest BCUT2D eigenvalue weighted by Crippen LogP contribution is -2.38. The van der Waals surface area contributed by atoms with Crippen LogP contribution in [0.15, 0.2) is 30.6 Å². The highest BCUT2D eigenvalue weighted by Gasteiger charge is 2.30. The van der Waals surface area contributed by atoms with E-state index in [9.17, 15) is 9.59 Å². The zero-order valence-electron chi connectivity index (χ0n) is 20.1. The fraction of sp³-hybridized carbons (Fsp3) is 0.391. The first-order chi connectivity index (χ1) is 16.9. The zero-order chi connectivity index (χ0) is 24.9. The van der Waals surface area contributed by atoms with Gasteiger partial charge in [0.15, 0.2) is 23.1 Å². The van der Waals surface area contributed by atoms with E-state index in [0.717, 1.165) is 12.8 Å². The molecule has 0 saturated heterocycles. The average molecular weight is 480 g/mol. The van der Waals surface area contributed by atoms with Gasteiger partial charge >= 0.3 is 0 Å². The van der Waals surface area contributed by atoms with Crippen molar-refractivity contribution in [3.05, 3.63) is 36.3 Å². The Morgan fingerprint density at radius 3 is 2.66 bits per heavy atom. The van der Waals surface area contributed by atoms with E-state index in [1.165, 1.54) is 0 Å². The maximum atomic E-state index is 12.7. The molecule has 0 aliphatic heterocycles. The van der Waals surface area contributed by atoms with Gasteiger partial charge in [0.25, 0.3) is 5.91 Å². The first kappa shape index (κ1) is 24.1. The second kappa shape index (κ2) is 10.5. The minimum absolute atomic E-state index is 0.000130. The van der Waals surface area contributed by atoms with Gasteiger partial charge in [0, 0.05) is 24.6 Å². The number of para-hydroxylation sites is 1. The van der Waals surface area contributed by atoms with Gasteiger partial charge in [-0.25, -0.2) is 15.1 Å². The normalized spacial score (nSPS) is 12.9. The second-order valence-electron chi connectivity index (χ2n) is 8.39. The van der Waals surface area contributed by atoms with E-state index < -0.39 is 5.91 Å². The van der Waals surface area contributed by atoms with Gasteiger partial charge in [-0.3, -0.25) is 15.0 Å². The molecule has 0 spiro atoms. The number of hydrogen-bond acceptors (Lipinski definition) is 9. The summed E-state index contributed by atoms with van der Waals surface area (Å²) in [5, 5.41) is 18.6. The van der Waals surface area contributed by atoms with Gasteiger partial charge in [0.2, 0.25) is 5.91 Å². The lowest BCUT2D eigenvalue weighted by molar-refractivity contribution is -0.117. The molecule has 4 N–H and O–H groups in total. The standard InChI is InChI=1S/C23H29N9O3/c1-5-25-30-23(34)19-17(11-18(28-29-19)27-22(33)14-9-10-14)26-16-8-6-7-15(20(16)35-4)21-24-12-32(31-21)13(2)3/h6-8,11-14,25H,5,9-10H2,1-4H3,(H,30,34)(H2,26,27,28,33). The second-order valence-corrected chi connectivity index (χ2v) is 8.39. The van der Waals surface area contributed by atoms with Crippen molar-refractivity contribution >= 4 is 29.0 Å². The van der Waals surface area contributed by atoms with E-state index in [0.29, 0.717) is 35.1 Å². The molecule has 1 aliphatic carbocycles. The molecule has 1 aliphatic rings. The SMILES string of the molecule is CCNNC(=O)c1nnc(NC(=O)C2CC2)cc1Nc1cccc(-c2ncn(C(C)C)n2)c1OC. The number of hydrogen-bond donors (Lipinski definition) is 4. The number of methoxy groups -OCH3 is 1. The number of amides is 2. The highest BCUT2D eigenvalue weighted by atomic mass is 16.5. The molecule has 12 nitrogen and oxygen atoms in total. The summed E-state index contributed by atoms with van der Waals surface area (Å²) in [6.07, 6.45) is 3.39. The third kappa shape index (κ3) is 5.54. The average Bonchev–Trinajstić information content (AvgIpc) is 3.59. The van der Waals surface area contributed by atoms with Crippen LogP contribution in [0, 0.1) is 5.92 Å². The Bertz CT molecular complexity index is 1220. The van der Waals surface area contributed by atoms with Crippen LogP contribution in [0.4, 0.5) is 17.2 Å². The molecule has 0 bridgehead atoms. The van der Waals surface area contributed by atoms with Crippen molar-refractivity contribution < 1.29 is 14.3 Å². The van der Waals surface area contributed by atoms with Gasteiger partial charge in [-0.1, -0.05) is 13.0 Å². The number of ether oxygens (including phenoxy) is 1. The monoisotopic (exact) mass is 479 g/mol. The number of carbonyl (C=O) groups excluding carboxylic acids is 2. The number of nitrogens with zero attached hydrogens (tertiary/aromatic N) is 5. The molecule has 1 fully saturated rings. The first-order valence-corrected chi connectivity index (χ1v) is 11.5. The van der Waals surface area contributed by atoms with Crippen LogP contribution in [0.2, 0.25) is 0 Å². The fourth-order valence-corrected chi connectivity index (χ4v) is 3.34. The third-order valence-corrected chi connectivity index (χ3v) is 5.35. The molecule has 2 heterocycles. The molecule has 2 amide bonds. The molecule has 12 heteroatoms. The van der Waals surface area contributed by atoms with Crippen LogP contribution in [-0.4, -0.2) is 50.4 Å². The van der Waals surface area contributed by atoms with Crippen molar-refractivity contribution in [3.63, 3.8) is 0 Å². The van der Waals surface area contributed by atoms with E-state index in [1.807, 2.05) is 32.9 Å². The number of anilines is 3. The van der Waals surface area contributed by atoms with E-state index in [-0.39, 0.29) is 29.4 Å². The summed E-state index contributed by atoms with van der Waals surface area (Å²) in [6, 6.07) is 7.23. The predicted molar refractivity (Wildman–Crippen MR) is 130 cm³/mol. The summed E-state index contributed by atoms with van der Waals surface area (Å²) in [5.41, 5.74) is 6.97. The van der Waals surface area contributed by atoms with Crippen LogP contribution in [-0.2, 0) is 4.79 Å². The van der Waals surface area contributed by atoms with Crippen molar-refractivity contribution in [1.29, 1.82) is 0 Å². The van der Waals surface area contributed by atoms with E-state index in [2.05, 4.69) is 41.8 Å². The van der Waals surface area contributed by atoms with Gasteiger partial charge in [-0.05, 0) is 38.8 Å². The van der Waals surface area contributed by atoms with Gasteiger partial charge in [-0.2, -0.15) is 5.10 Å². The van der Waals surface area contributed by atoms with Crippen LogP contribution < -0.4 is 26.2 Å². The molecule has 0 radical (unpaired) electrons. The Morgan fingerprint density at radius 2 is 2.00 bits per heavy atom. The molecule has 4 rings (SSSR count). The van der Waals surface area contributed by atoms with Crippen LogP contribution in [0.25, 0.3) is 11.4 Å². The van der Waals surface area contributed by atoms with Gasteiger partial charge in [0.05, 0.1) is 24.0 Å². The number of aromatic nitrogens is 5. The van der Waals surface area contributed by atoms with Crippen molar-refractivity contribution in [2.24, 2.45) is 5.92 Å². The van der Waals surface area contributed by atoms with Crippen LogP contribution in [0.1, 0.15) is 50.1 Å². The number of rotatable bonds is 10. The van der Waals surface area contributed by atoms with Crippen molar-refractivity contribution in [3.8, 4) is 17.1 Å². The quantitative estimate of drug-likeness (QED) is 0.322. The molecule has 1 aromatic carbocycles.